The fraction of sp³-hybridized carbons (Fsp3) is 0.333. The molecule has 0 unspecified atom stereocenters. The van der Waals surface area contributed by atoms with Crippen LogP contribution in [0.15, 0.2) is 54.7 Å². The summed E-state index contributed by atoms with van der Waals surface area (Å²) in [4.78, 5) is 1.49. The number of halogens is 3. The Balaban J connectivity index is 1.62. The molecule has 2 heterocycles. The van der Waals surface area contributed by atoms with Crippen molar-refractivity contribution in [3.05, 3.63) is 65.5 Å². The number of rotatable bonds is 4. The number of nitrogens with zero attached hydrogens (tertiary/aromatic N) is 2. The number of likely N-dealkylation sites (tertiary alicyclic amines) is 1. The van der Waals surface area contributed by atoms with Crippen LogP contribution in [0, 0.1) is 5.21 Å². The molecule has 7 heteroatoms. The molecule has 2 N–H and O–H groups in total. The summed E-state index contributed by atoms with van der Waals surface area (Å²) in [6.45, 7) is 0.0833. The van der Waals surface area contributed by atoms with Gasteiger partial charge in [-0.3, -0.25) is 4.90 Å². The summed E-state index contributed by atoms with van der Waals surface area (Å²) in [6, 6.07) is 15.5. The molecule has 28 heavy (non-hydrogen) atoms. The second-order valence-electron chi connectivity index (χ2n) is 7.35. The number of aromatic nitrogens is 1. The first-order chi connectivity index (χ1) is 13.4. The molecule has 1 saturated heterocycles. The molecule has 0 amide bonds. The molecule has 1 aliphatic heterocycles. The lowest BCUT2D eigenvalue weighted by molar-refractivity contribution is -0.497. The van der Waals surface area contributed by atoms with Crippen molar-refractivity contribution in [1.29, 1.82) is 0 Å². The predicted octanol–water partition coefficient (Wildman–Crippen LogP) is 4.06. The van der Waals surface area contributed by atoms with Gasteiger partial charge >= 0.3 is 6.18 Å². The highest BCUT2D eigenvalue weighted by Crippen LogP contribution is 2.36. The van der Waals surface area contributed by atoms with Gasteiger partial charge in [0.25, 0.3) is 0 Å². The van der Waals surface area contributed by atoms with E-state index in [1.807, 2.05) is 30.3 Å². The molecule has 1 aliphatic rings. The van der Waals surface area contributed by atoms with Crippen LogP contribution in [0.1, 0.15) is 24.3 Å². The predicted molar refractivity (Wildman–Crippen MR) is 103 cm³/mol. The molecule has 0 radical (unpaired) electrons. The summed E-state index contributed by atoms with van der Waals surface area (Å²) in [5, 5.41) is 12.0. The molecular weight excluding hydrogens is 367 g/mol. The van der Waals surface area contributed by atoms with Gasteiger partial charge in [-0.15, -0.1) is 0 Å². The van der Waals surface area contributed by atoms with E-state index >= 15 is 0 Å². The van der Waals surface area contributed by atoms with Crippen LogP contribution in [0.3, 0.4) is 0 Å². The normalized spacial score (nSPS) is 16.7. The van der Waals surface area contributed by atoms with Gasteiger partial charge in [0, 0.05) is 29.4 Å². The van der Waals surface area contributed by atoms with E-state index in [0.29, 0.717) is 31.6 Å². The Labute approximate surface area is 161 Å². The second kappa shape index (κ2) is 7.58. The van der Waals surface area contributed by atoms with Gasteiger partial charge in [0.2, 0.25) is 0 Å². The first-order valence-electron chi connectivity index (χ1n) is 9.39. The number of piperidine rings is 1. The number of alkyl halides is 3. The van der Waals surface area contributed by atoms with Crippen LogP contribution in [-0.2, 0) is 0 Å². The van der Waals surface area contributed by atoms with Crippen molar-refractivity contribution >= 4 is 16.6 Å². The average Bonchev–Trinajstić information content (AvgIpc) is 3.07. The lowest BCUT2D eigenvalue weighted by atomic mass is 9.89. The topological polar surface area (TPSA) is 47.8 Å². The SMILES string of the molecule is [O-][NH2+]c1ccc(-n2cc(C3CCN(CC(F)(F)F)CC3)c3ccccc32)cc1. The molecule has 0 aliphatic carbocycles. The van der Waals surface area contributed by atoms with Crippen LogP contribution in [0.5, 0.6) is 0 Å². The van der Waals surface area contributed by atoms with Crippen molar-refractivity contribution < 1.29 is 18.7 Å². The summed E-state index contributed by atoms with van der Waals surface area (Å²) >= 11 is 0. The number of hydrogen-bond donors (Lipinski definition) is 1. The monoisotopic (exact) mass is 389 g/mol. The van der Waals surface area contributed by atoms with Crippen LogP contribution in [0.4, 0.5) is 18.9 Å². The van der Waals surface area contributed by atoms with Crippen molar-refractivity contribution in [3.8, 4) is 5.69 Å². The molecule has 2 aromatic carbocycles. The standard InChI is InChI=1S/C21H22F3N3O/c22-21(23,24)14-26-11-9-15(10-12-26)19-13-27(20-4-2-1-3-18(19)20)17-7-5-16(25-28)6-8-17/h1-8,13,15H,9-12,14,25H2. The van der Waals surface area contributed by atoms with E-state index in [9.17, 15) is 18.4 Å². The van der Waals surface area contributed by atoms with Gasteiger partial charge in [-0.2, -0.15) is 13.2 Å². The molecule has 1 aromatic heterocycles. The van der Waals surface area contributed by atoms with Crippen LogP contribution < -0.4 is 5.48 Å². The van der Waals surface area contributed by atoms with Gasteiger partial charge in [-0.25, -0.2) is 0 Å². The third-order valence-electron chi connectivity index (χ3n) is 5.48. The third kappa shape index (κ3) is 3.92. The first-order valence-corrected chi connectivity index (χ1v) is 9.39. The van der Waals surface area contributed by atoms with Crippen molar-refractivity contribution in [3.63, 3.8) is 0 Å². The fourth-order valence-corrected chi connectivity index (χ4v) is 4.11. The maximum Gasteiger partial charge on any atom is 0.401 e. The van der Waals surface area contributed by atoms with E-state index in [1.165, 1.54) is 10.5 Å². The van der Waals surface area contributed by atoms with E-state index in [2.05, 4.69) is 16.8 Å². The minimum Gasteiger partial charge on any atom is -0.630 e. The zero-order chi connectivity index (χ0) is 19.7. The summed E-state index contributed by atoms with van der Waals surface area (Å²) in [5.74, 6) is 0.241. The number of fused-ring (bicyclic) bond motifs is 1. The van der Waals surface area contributed by atoms with E-state index in [4.69, 9.17) is 0 Å². The van der Waals surface area contributed by atoms with Crippen LogP contribution >= 0.6 is 0 Å². The van der Waals surface area contributed by atoms with Gasteiger partial charge in [0.1, 0.15) is 5.69 Å². The maximum atomic E-state index is 12.6. The smallest absolute Gasteiger partial charge is 0.401 e. The number of quaternary nitrogens is 1. The Morgan fingerprint density at radius 2 is 1.68 bits per heavy atom. The van der Waals surface area contributed by atoms with E-state index < -0.39 is 12.7 Å². The molecule has 4 nitrogen and oxygen atoms in total. The summed E-state index contributed by atoms with van der Waals surface area (Å²) < 4.78 is 40.0. The quantitative estimate of drug-likeness (QED) is 0.540. The van der Waals surface area contributed by atoms with Crippen LogP contribution in [0.25, 0.3) is 16.6 Å². The highest BCUT2D eigenvalue weighted by atomic mass is 19.4. The highest BCUT2D eigenvalue weighted by Gasteiger charge is 2.33. The molecule has 148 valence electrons. The molecule has 3 aromatic rings. The van der Waals surface area contributed by atoms with E-state index in [-0.39, 0.29) is 5.92 Å². The van der Waals surface area contributed by atoms with E-state index in [0.717, 1.165) is 22.1 Å². The number of hydrogen-bond acceptors (Lipinski definition) is 2. The molecule has 0 atom stereocenters. The Hall–Kier alpha value is -2.35. The Morgan fingerprint density at radius 3 is 2.32 bits per heavy atom. The molecule has 1 fully saturated rings. The average molecular weight is 389 g/mol. The lowest BCUT2D eigenvalue weighted by Gasteiger charge is -2.32. The number of benzene rings is 2. The minimum absolute atomic E-state index is 0.241. The van der Waals surface area contributed by atoms with Crippen LogP contribution in [0.2, 0.25) is 0 Å². The summed E-state index contributed by atoms with van der Waals surface area (Å²) in [7, 11) is 0. The molecular formula is C21H22F3N3O. The van der Waals surface area contributed by atoms with Crippen LogP contribution in [-0.4, -0.2) is 35.3 Å². The Bertz CT molecular complexity index is 942. The zero-order valence-corrected chi connectivity index (χ0v) is 15.3. The third-order valence-corrected chi connectivity index (χ3v) is 5.48. The van der Waals surface area contributed by atoms with Gasteiger partial charge < -0.3 is 15.3 Å². The van der Waals surface area contributed by atoms with Gasteiger partial charge in [-0.05, 0) is 55.6 Å². The maximum absolute atomic E-state index is 12.6. The minimum atomic E-state index is -4.14. The first kappa shape index (κ1) is 19.0. The van der Waals surface area contributed by atoms with E-state index in [1.54, 1.807) is 12.1 Å². The number of nitrogens with two attached hydrogens (primary N) is 1. The highest BCUT2D eigenvalue weighted by molar-refractivity contribution is 5.86. The van der Waals surface area contributed by atoms with Crippen molar-refractivity contribution in [2.45, 2.75) is 24.9 Å². The van der Waals surface area contributed by atoms with Gasteiger partial charge in [-0.1, -0.05) is 18.2 Å². The molecule has 4 rings (SSSR count). The summed E-state index contributed by atoms with van der Waals surface area (Å²) in [5.41, 5.74) is 4.65. The largest absolute Gasteiger partial charge is 0.630 e. The van der Waals surface area contributed by atoms with Crippen molar-refractivity contribution in [2.24, 2.45) is 0 Å². The van der Waals surface area contributed by atoms with Crippen molar-refractivity contribution in [2.75, 3.05) is 19.6 Å². The van der Waals surface area contributed by atoms with Gasteiger partial charge in [0.05, 0.1) is 12.1 Å². The fourth-order valence-electron chi connectivity index (χ4n) is 4.11. The zero-order valence-electron chi connectivity index (χ0n) is 15.3. The van der Waals surface area contributed by atoms with Gasteiger partial charge in [0.15, 0.2) is 0 Å². The molecule has 0 bridgehead atoms. The second-order valence-corrected chi connectivity index (χ2v) is 7.35. The molecule has 0 saturated carbocycles. The molecule has 0 spiro atoms. The lowest BCUT2D eigenvalue weighted by Crippen LogP contribution is -2.70. The summed E-state index contributed by atoms with van der Waals surface area (Å²) in [6.07, 6.45) is -0.608. The van der Waals surface area contributed by atoms with Crippen molar-refractivity contribution in [1.82, 2.24) is 9.47 Å². The number of para-hydroxylation sites is 1. The Morgan fingerprint density at radius 1 is 1.00 bits per heavy atom. The Kier molecular flexibility index (Phi) is 5.14.